The molecule has 1 aromatic heterocycles. The van der Waals surface area contributed by atoms with Gasteiger partial charge >= 0.3 is 0 Å². The van der Waals surface area contributed by atoms with E-state index < -0.39 is 0 Å². The van der Waals surface area contributed by atoms with Crippen molar-refractivity contribution in [3.05, 3.63) is 71.9 Å². The summed E-state index contributed by atoms with van der Waals surface area (Å²) in [5.74, 6) is 0.473. The molecule has 0 radical (unpaired) electrons. The van der Waals surface area contributed by atoms with Crippen LogP contribution in [0.4, 0.5) is 0 Å². The Morgan fingerprint density at radius 1 is 1.07 bits per heavy atom. The molecule has 1 aliphatic heterocycles. The fourth-order valence-electron chi connectivity index (χ4n) is 4.25. The number of hydrogen-bond acceptors (Lipinski definition) is 2. The molecule has 0 aliphatic carbocycles. The highest BCUT2D eigenvalue weighted by Gasteiger charge is 2.28. The van der Waals surface area contributed by atoms with E-state index in [1.165, 1.54) is 22.0 Å². The number of H-pyrrole nitrogens is 1. The number of piperidine rings is 1. The van der Waals surface area contributed by atoms with Gasteiger partial charge < -0.3 is 9.88 Å². The van der Waals surface area contributed by atoms with Crippen LogP contribution in [0.5, 0.6) is 0 Å². The molecule has 1 fully saturated rings. The van der Waals surface area contributed by atoms with Crippen molar-refractivity contribution in [3.8, 4) is 0 Å². The number of para-hydroxylation sites is 1. The summed E-state index contributed by atoms with van der Waals surface area (Å²) in [6, 6.07) is 18.7. The molecule has 3 aromatic rings. The first-order chi connectivity index (χ1) is 13.7. The van der Waals surface area contributed by atoms with E-state index in [2.05, 4.69) is 59.4 Å². The maximum absolute atomic E-state index is 13.0. The summed E-state index contributed by atoms with van der Waals surface area (Å²) in [4.78, 5) is 20.9. The molecule has 0 spiro atoms. The first-order valence-corrected chi connectivity index (χ1v) is 10.3. The van der Waals surface area contributed by atoms with Gasteiger partial charge in [0.25, 0.3) is 0 Å². The van der Waals surface area contributed by atoms with Gasteiger partial charge in [-0.1, -0.05) is 48.5 Å². The van der Waals surface area contributed by atoms with Crippen molar-refractivity contribution < 1.29 is 4.79 Å². The van der Waals surface area contributed by atoms with Gasteiger partial charge in [0, 0.05) is 42.7 Å². The molecule has 1 N–H and O–H groups in total. The van der Waals surface area contributed by atoms with Gasteiger partial charge in [-0.2, -0.15) is 0 Å². The van der Waals surface area contributed by atoms with Crippen molar-refractivity contribution >= 4 is 29.2 Å². The van der Waals surface area contributed by atoms with Crippen molar-refractivity contribution in [1.82, 2.24) is 14.8 Å². The van der Waals surface area contributed by atoms with E-state index in [1.54, 1.807) is 0 Å². The first-order valence-electron chi connectivity index (χ1n) is 10.3. The summed E-state index contributed by atoms with van der Waals surface area (Å²) in [7, 11) is 0. The van der Waals surface area contributed by atoms with Gasteiger partial charge in [0.15, 0.2) is 0 Å². The number of rotatable bonds is 6. The lowest BCUT2D eigenvalue weighted by Crippen LogP contribution is -2.42. The van der Waals surface area contributed by atoms with E-state index in [1.807, 2.05) is 23.1 Å². The monoisotopic (exact) mass is 411 g/mol. The first kappa shape index (κ1) is 21.4. The van der Waals surface area contributed by atoms with Crippen LogP contribution in [0.3, 0.4) is 0 Å². The van der Waals surface area contributed by atoms with Crippen LogP contribution in [0.15, 0.2) is 60.8 Å². The molecular weight excluding hydrogens is 382 g/mol. The van der Waals surface area contributed by atoms with Crippen molar-refractivity contribution in [1.29, 1.82) is 0 Å². The van der Waals surface area contributed by atoms with Crippen LogP contribution in [0.1, 0.15) is 30.9 Å². The number of likely N-dealkylation sites (tertiary alicyclic amines) is 1. The lowest BCUT2D eigenvalue weighted by molar-refractivity contribution is -0.137. The van der Waals surface area contributed by atoms with Gasteiger partial charge in [0.05, 0.1) is 0 Å². The number of amides is 1. The van der Waals surface area contributed by atoms with E-state index in [0.29, 0.717) is 12.5 Å². The highest BCUT2D eigenvalue weighted by molar-refractivity contribution is 5.85. The third-order valence-corrected chi connectivity index (χ3v) is 5.92. The van der Waals surface area contributed by atoms with Crippen LogP contribution in [0, 0.1) is 5.92 Å². The third kappa shape index (κ3) is 5.01. The number of halogens is 1. The molecule has 154 valence electrons. The van der Waals surface area contributed by atoms with Gasteiger partial charge in [-0.15, -0.1) is 12.4 Å². The number of benzene rings is 2. The van der Waals surface area contributed by atoms with Gasteiger partial charge in [0.1, 0.15) is 0 Å². The highest BCUT2D eigenvalue weighted by atomic mass is 35.5. The minimum atomic E-state index is 0. The molecule has 5 heteroatoms. The Labute approximate surface area is 179 Å². The van der Waals surface area contributed by atoms with E-state index in [0.717, 1.165) is 39.0 Å². The smallest absolute Gasteiger partial charge is 0.226 e. The molecule has 2 heterocycles. The second-order valence-electron chi connectivity index (χ2n) is 7.75. The van der Waals surface area contributed by atoms with Crippen molar-refractivity contribution in [2.75, 3.05) is 19.6 Å². The molecule has 1 amide bonds. The standard InChI is InChI=1S/C24H29N3O.ClH/c1-2-27(17-19-8-4-3-5-9-19)24(28)20-12-14-26(15-13-20)18-21-16-25-23-11-7-6-10-22(21)23;/h3-11,16,20,25H,2,12-15,17-18H2,1H3;1H. The molecule has 0 saturated carbocycles. The highest BCUT2D eigenvalue weighted by Crippen LogP contribution is 2.24. The minimum Gasteiger partial charge on any atom is -0.361 e. The Kier molecular flexibility index (Phi) is 7.34. The van der Waals surface area contributed by atoms with Gasteiger partial charge in [-0.3, -0.25) is 9.69 Å². The molecule has 1 saturated heterocycles. The van der Waals surface area contributed by atoms with Crippen LogP contribution < -0.4 is 0 Å². The summed E-state index contributed by atoms with van der Waals surface area (Å²) < 4.78 is 0. The maximum atomic E-state index is 13.0. The average Bonchev–Trinajstić information content (AvgIpc) is 3.16. The van der Waals surface area contributed by atoms with E-state index in [-0.39, 0.29) is 18.3 Å². The fraction of sp³-hybridized carbons (Fsp3) is 0.375. The quantitative estimate of drug-likeness (QED) is 0.629. The molecule has 0 unspecified atom stereocenters. The number of aromatic amines is 1. The minimum absolute atomic E-state index is 0. The van der Waals surface area contributed by atoms with Crippen LogP contribution in [-0.4, -0.2) is 40.3 Å². The lowest BCUT2D eigenvalue weighted by atomic mass is 9.94. The SMILES string of the molecule is CCN(Cc1ccccc1)C(=O)C1CCN(Cc2c[nH]c3ccccc23)CC1.Cl. The number of fused-ring (bicyclic) bond motifs is 1. The Morgan fingerprint density at radius 2 is 1.76 bits per heavy atom. The molecule has 4 nitrogen and oxygen atoms in total. The number of nitrogens with one attached hydrogen (secondary N) is 1. The lowest BCUT2D eigenvalue weighted by Gasteiger charge is -2.34. The number of carbonyl (C=O) groups excluding carboxylic acids is 1. The Balaban J connectivity index is 0.00000240. The molecule has 29 heavy (non-hydrogen) atoms. The summed E-state index contributed by atoms with van der Waals surface area (Å²) >= 11 is 0. The Hall–Kier alpha value is -2.30. The summed E-state index contributed by atoms with van der Waals surface area (Å²) in [6.45, 7) is 6.48. The van der Waals surface area contributed by atoms with E-state index in [9.17, 15) is 4.79 Å². The van der Waals surface area contributed by atoms with Crippen molar-refractivity contribution in [2.45, 2.75) is 32.9 Å². The van der Waals surface area contributed by atoms with Crippen molar-refractivity contribution in [2.24, 2.45) is 5.92 Å². The zero-order valence-electron chi connectivity index (χ0n) is 17.0. The Bertz CT molecular complexity index is 916. The second-order valence-corrected chi connectivity index (χ2v) is 7.75. The van der Waals surface area contributed by atoms with Crippen LogP contribution in [0.25, 0.3) is 10.9 Å². The molecular formula is C24H30ClN3O. The largest absolute Gasteiger partial charge is 0.361 e. The molecule has 0 atom stereocenters. The molecule has 2 aromatic carbocycles. The molecule has 4 rings (SSSR count). The summed E-state index contributed by atoms with van der Waals surface area (Å²) in [6.07, 6.45) is 4.03. The number of carbonyl (C=O) groups is 1. The van der Waals surface area contributed by atoms with Gasteiger partial charge in [0.2, 0.25) is 5.91 Å². The second kappa shape index (κ2) is 9.95. The average molecular weight is 412 g/mol. The zero-order valence-corrected chi connectivity index (χ0v) is 17.8. The molecule has 0 bridgehead atoms. The summed E-state index contributed by atoms with van der Waals surface area (Å²) in [5, 5.41) is 1.31. The van der Waals surface area contributed by atoms with Crippen LogP contribution in [-0.2, 0) is 17.9 Å². The third-order valence-electron chi connectivity index (χ3n) is 5.92. The number of aromatic nitrogens is 1. The van der Waals surface area contributed by atoms with Gasteiger partial charge in [-0.05, 0) is 50.0 Å². The molecule has 1 aliphatic rings. The van der Waals surface area contributed by atoms with E-state index in [4.69, 9.17) is 0 Å². The number of nitrogens with zero attached hydrogens (tertiary/aromatic N) is 2. The fourth-order valence-corrected chi connectivity index (χ4v) is 4.25. The van der Waals surface area contributed by atoms with Crippen LogP contribution in [0.2, 0.25) is 0 Å². The van der Waals surface area contributed by atoms with Gasteiger partial charge in [-0.25, -0.2) is 0 Å². The predicted molar refractivity (Wildman–Crippen MR) is 121 cm³/mol. The number of hydrogen-bond donors (Lipinski definition) is 1. The topological polar surface area (TPSA) is 39.3 Å². The predicted octanol–water partition coefficient (Wildman–Crippen LogP) is 4.85. The van der Waals surface area contributed by atoms with E-state index >= 15 is 0 Å². The summed E-state index contributed by atoms with van der Waals surface area (Å²) in [5.41, 5.74) is 3.75. The zero-order chi connectivity index (χ0) is 19.3. The van der Waals surface area contributed by atoms with Crippen molar-refractivity contribution in [3.63, 3.8) is 0 Å². The normalized spacial score (nSPS) is 15.2. The maximum Gasteiger partial charge on any atom is 0.226 e. The Morgan fingerprint density at radius 3 is 2.48 bits per heavy atom. The van der Waals surface area contributed by atoms with Crippen LogP contribution >= 0.6 is 12.4 Å².